The van der Waals surface area contributed by atoms with Crippen LogP contribution in [0.4, 0.5) is 10.8 Å². The zero-order chi connectivity index (χ0) is 14.0. The Hall–Kier alpha value is -1.89. The van der Waals surface area contributed by atoms with Gasteiger partial charge in [0.1, 0.15) is 4.88 Å². The lowest BCUT2D eigenvalue weighted by atomic mass is 10.4. The van der Waals surface area contributed by atoms with Gasteiger partial charge in [-0.3, -0.25) is 4.68 Å². The Balaban J connectivity index is 2.17. The van der Waals surface area contributed by atoms with Crippen molar-refractivity contribution in [1.29, 1.82) is 0 Å². The molecule has 2 aromatic rings. The molecule has 0 saturated carbocycles. The van der Waals surface area contributed by atoms with Crippen molar-refractivity contribution in [3.8, 4) is 0 Å². The summed E-state index contributed by atoms with van der Waals surface area (Å²) in [5, 5.41) is 8.02. The highest BCUT2D eigenvalue weighted by atomic mass is 32.1. The Labute approximate surface area is 115 Å². The summed E-state index contributed by atoms with van der Waals surface area (Å²) in [5.41, 5.74) is 1.51. The number of aromatic nitrogens is 3. The molecule has 0 amide bonds. The zero-order valence-corrected chi connectivity index (χ0v) is 12.1. The van der Waals surface area contributed by atoms with Crippen LogP contribution < -0.4 is 5.32 Å². The van der Waals surface area contributed by atoms with E-state index in [-0.39, 0.29) is 5.97 Å². The smallest absolute Gasteiger partial charge is 0.350 e. The molecule has 2 aromatic heterocycles. The molecule has 102 valence electrons. The quantitative estimate of drug-likeness (QED) is 0.872. The van der Waals surface area contributed by atoms with Crippen molar-refractivity contribution in [3.05, 3.63) is 23.0 Å². The van der Waals surface area contributed by atoms with E-state index >= 15 is 0 Å². The van der Waals surface area contributed by atoms with Crippen LogP contribution in [-0.2, 0) is 4.74 Å². The van der Waals surface area contributed by atoms with E-state index < -0.39 is 0 Å². The molecule has 0 aliphatic heterocycles. The molecule has 0 aliphatic rings. The van der Waals surface area contributed by atoms with E-state index in [0.717, 1.165) is 5.69 Å². The van der Waals surface area contributed by atoms with Crippen molar-refractivity contribution in [2.24, 2.45) is 0 Å². The molecule has 6 nitrogen and oxygen atoms in total. The monoisotopic (exact) mass is 280 g/mol. The summed E-state index contributed by atoms with van der Waals surface area (Å²) >= 11 is 1.27. The number of hydrogen-bond acceptors (Lipinski definition) is 6. The van der Waals surface area contributed by atoms with Crippen LogP contribution in [0, 0.1) is 6.92 Å². The molecule has 2 rings (SSSR count). The second-order valence-corrected chi connectivity index (χ2v) is 5.35. The van der Waals surface area contributed by atoms with Crippen LogP contribution in [0.2, 0.25) is 0 Å². The lowest BCUT2D eigenvalue weighted by Crippen LogP contribution is -1.99. The number of carbonyl (C=O) groups excluding carboxylic acids is 1. The van der Waals surface area contributed by atoms with Gasteiger partial charge in [-0.1, -0.05) is 11.3 Å². The number of anilines is 2. The fourth-order valence-corrected chi connectivity index (χ4v) is 2.45. The van der Waals surface area contributed by atoms with E-state index in [0.29, 0.717) is 21.7 Å². The molecule has 0 radical (unpaired) electrons. The Morgan fingerprint density at radius 3 is 2.84 bits per heavy atom. The highest BCUT2D eigenvalue weighted by molar-refractivity contribution is 7.17. The van der Waals surface area contributed by atoms with Crippen LogP contribution in [-0.4, -0.2) is 27.8 Å². The van der Waals surface area contributed by atoms with Gasteiger partial charge in [-0.15, -0.1) is 0 Å². The minimum Gasteiger partial charge on any atom is -0.465 e. The number of carbonyl (C=O) groups is 1. The summed E-state index contributed by atoms with van der Waals surface area (Å²) in [6, 6.07) is 0.305. The van der Waals surface area contributed by atoms with Gasteiger partial charge in [-0.05, 0) is 20.8 Å². The first-order chi connectivity index (χ1) is 9.01. The standard InChI is InChI=1S/C12H16N4O2S/c1-7(2)16-6-9(5-13-16)15-12-14-8(3)10(19-12)11(17)18-4/h5-7H,1-4H3,(H,14,15). The van der Waals surface area contributed by atoms with Crippen LogP contribution in [0.25, 0.3) is 0 Å². The van der Waals surface area contributed by atoms with Gasteiger partial charge in [0.15, 0.2) is 5.13 Å². The van der Waals surface area contributed by atoms with E-state index in [2.05, 4.69) is 29.2 Å². The summed E-state index contributed by atoms with van der Waals surface area (Å²) in [4.78, 5) is 16.3. The highest BCUT2D eigenvalue weighted by Crippen LogP contribution is 2.26. The second-order valence-electron chi connectivity index (χ2n) is 4.35. The fourth-order valence-electron chi connectivity index (χ4n) is 1.54. The lowest BCUT2D eigenvalue weighted by Gasteiger charge is -2.03. The number of hydrogen-bond donors (Lipinski definition) is 1. The highest BCUT2D eigenvalue weighted by Gasteiger charge is 2.16. The van der Waals surface area contributed by atoms with E-state index in [1.807, 2.05) is 10.9 Å². The maximum Gasteiger partial charge on any atom is 0.350 e. The Morgan fingerprint density at radius 2 is 2.26 bits per heavy atom. The van der Waals surface area contributed by atoms with Gasteiger partial charge < -0.3 is 10.1 Å². The van der Waals surface area contributed by atoms with Crippen molar-refractivity contribution in [2.45, 2.75) is 26.8 Å². The van der Waals surface area contributed by atoms with Crippen LogP contribution in [0.1, 0.15) is 35.3 Å². The summed E-state index contributed by atoms with van der Waals surface area (Å²) in [5.74, 6) is -0.360. The second kappa shape index (κ2) is 5.40. The van der Waals surface area contributed by atoms with Crippen molar-refractivity contribution in [3.63, 3.8) is 0 Å². The van der Waals surface area contributed by atoms with E-state index in [1.165, 1.54) is 18.4 Å². The van der Waals surface area contributed by atoms with E-state index in [4.69, 9.17) is 4.74 Å². The fraction of sp³-hybridized carbons (Fsp3) is 0.417. The average molecular weight is 280 g/mol. The Bertz CT molecular complexity index is 588. The average Bonchev–Trinajstić information content (AvgIpc) is 2.96. The van der Waals surface area contributed by atoms with Crippen molar-refractivity contribution in [2.75, 3.05) is 12.4 Å². The molecule has 0 spiro atoms. The van der Waals surface area contributed by atoms with Crippen molar-refractivity contribution < 1.29 is 9.53 Å². The number of ether oxygens (including phenoxy) is 1. The molecule has 0 saturated heterocycles. The van der Waals surface area contributed by atoms with Gasteiger partial charge in [0, 0.05) is 12.2 Å². The maximum absolute atomic E-state index is 11.5. The molecule has 19 heavy (non-hydrogen) atoms. The van der Waals surface area contributed by atoms with Gasteiger partial charge in [-0.2, -0.15) is 5.10 Å². The third-order valence-corrected chi connectivity index (χ3v) is 3.60. The number of rotatable bonds is 4. The first-order valence-electron chi connectivity index (χ1n) is 5.88. The largest absolute Gasteiger partial charge is 0.465 e. The SMILES string of the molecule is COC(=O)c1sc(Nc2cnn(C(C)C)c2)nc1C. The molecule has 0 bridgehead atoms. The maximum atomic E-state index is 11.5. The number of aryl methyl sites for hydroxylation is 1. The molecule has 0 unspecified atom stereocenters. The van der Waals surface area contributed by atoms with Crippen molar-refractivity contribution >= 4 is 28.1 Å². The lowest BCUT2D eigenvalue weighted by molar-refractivity contribution is 0.0605. The van der Waals surface area contributed by atoms with E-state index in [9.17, 15) is 4.79 Å². The topological polar surface area (TPSA) is 69.0 Å². The van der Waals surface area contributed by atoms with E-state index in [1.54, 1.807) is 13.1 Å². The molecule has 7 heteroatoms. The molecule has 0 aliphatic carbocycles. The number of esters is 1. The van der Waals surface area contributed by atoms with Crippen LogP contribution in [0.3, 0.4) is 0 Å². The van der Waals surface area contributed by atoms with Gasteiger partial charge in [0.2, 0.25) is 0 Å². The molecule has 0 aromatic carbocycles. The number of methoxy groups -OCH3 is 1. The minimum atomic E-state index is -0.360. The third kappa shape index (κ3) is 2.93. The third-order valence-electron chi connectivity index (χ3n) is 2.55. The molecule has 2 heterocycles. The Kier molecular flexibility index (Phi) is 3.84. The molecule has 0 fully saturated rings. The summed E-state index contributed by atoms with van der Waals surface area (Å²) in [6.07, 6.45) is 3.63. The van der Waals surface area contributed by atoms with Crippen LogP contribution in [0.15, 0.2) is 12.4 Å². The zero-order valence-electron chi connectivity index (χ0n) is 11.3. The normalized spacial score (nSPS) is 10.8. The van der Waals surface area contributed by atoms with Gasteiger partial charge >= 0.3 is 5.97 Å². The first-order valence-corrected chi connectivity index (χ1v) is 6.70. The number of nitrogens with zero attached hydrogens (tertiary/aromatic N) is 3. The predicted octanol–water partition coefficient (Wildman–Crippen LogP) is 2.76. The molecule has 0 atom stereocenters. The molecular formula is C12H16N4O2S. The van der Waals surface area contributed by atoms with Crippen LogP contribution >= 0.6 is 11.3 Å². The summed E-state index contributed by atoms with van der Waals surface area (Å²) < 4.78 is 6.55. The van der Waals surface area contributed by atoms with Gasteiger partial charge in [-0.25, -0.2) is 9.78 Å². The predicted molar refractivity (Wildman–Crippen MR) is 74.1 cm³/mol. The summed E-state index contributed by atoms with van der Waals surface area (Å²) in [7, 11) is 1.36. The molecular weight excluding hydrogens is 264 g/mol. The minimum absolute atomic E-state index is 0.305. The number of thiazole rings is 1. The summed E-state index contributed by atoms with van der Waals surface area (Å²) in [6.45, 7) is 5.89. The first kappa shape index (κ1) is 13.5. The van der Waals surface area contributed by atoms with Gasteiger partial charge in [0.05, 0.1) is 24.7 Å². The van der Waals surface area contributed by atoms with Crippen LogP contribution in [0.5, 0.6) is 0 Å². The Morgan fingerprint density at radius 1 is 1.53 bits per heavy atom. The van der Waals surface area contributed by atoms with Gasteiger partial charge in [0.25, 0.3) is 0 Å². The van der Waals surface area contributed by atoms with Crippen molar-refractivity contribution in [1.82, 2.24) is 14.8 Å². The number of nitrogens with one attached hydrogen (secondary N) is 1. The molecule has 1 N–H and O–H groups in total.